The number of anilines is 1. The van der Waals surface area contributed by atoms with Crippen LogP contribution in [0.25, 0.3) is 11.0 Å². The second-order valence-corrected chi connectivity index (χ2v) is 13.2. The number of nitrogens with two attached hydrogens (primary N) is 1. The Balaban J connectivity index is 1.16. The number of ether oxygens (including phenoxy) is 1. The van der Waals surface area contributed by atoms with Crippen LogP contribution in [0.3, 0.4) is 0 Å². The van der Waals surface area contributed by atoms with Crippen LogP contribution in [-0.2, 0) is 22.1 Å². The smallest absolute Gasteiger partial charge is 0.418 e. The molecule has 14 heteroatoms. The number of aromatic amines is 1. The summed E-state index contributed by atoms with van der Waals surface area (Å²) in [4.78, 5) is 48.6. The monoisotopic (exact) mass is 676 g/mol. The lowest BCUT2D eigenvalue weighted by Crippen LogP contribution is -2.52. The molecule has 3 N–H and O–H groups in total. The van der Waals surface area contributed by atoms with Gasteiger partial charge in [0, 0.05) is 44.7 Å². The third-order valence-corrected chi connectivity index (χ3v) is 10.1. The number of aromatic nitrogens is 2. The van der Waals surface area contributed by atoms with E-state index in [9.17, 15) is 27.6 Å². The molecule has 3 aromatic rings. The normalized spacial score (nSPS) is 19.7. The first kappa shape index (κ1) is 33.2. The van der Waals surface area contributed by atoms with Gasteiger partial charge in [-0.15, -0.1) is 0 Å². The zero-order valence-corrected chi connectivity index (χ0v) is 26.9. The van der Waals surface area contributed by atoms with Gasteiger partial charge >= 0.3 is 18.0 Å². The van der Waals surface area contributed by atoms with Crippen molar-refractivity contribution in [1.82, 2.24) is 24.3 Å². The number of piperidine rings is 3. The molecule has 0 bridgehead atoms. The summed E-state index contributed by atoms with van der Waals surface area (Å²) >= 11 is 6.09. The van der Waals surface area contributed by atoms with Gasteiger partial charge in [-0.05, 0) is 81.4 Å². The first-order valence-corrected chi connectivity index (χ1v) is 16.7. The predicted molar refractivity (Wildman–Crippen MR) is 172 cm³/mol. The molecule has 10 nitrogen and oxygen atoms in total. The molecule has 1 aromatic heterocycles. The second kappa shape index (κ2) is 13.8. The number of alkyl halides is 3. The van der Waals surface area contributed by atoms with Crippen LogP contribution in [0.5, 0.6) is 0 Å². The number of carbonyl (C=O) groups is 2. The molecule has 2 aromatic carbocycles. The van der Waals surface area contributed by atoms with E-state index in [4.69, 9.17) is 22.1 Å². The van der Waals surface area contributed by atoms with Crippen molar-refractivity contribution in [3.05, 3.63) is 63.0 Å². The summed E-state index contributed by atoms with van der Waals surface area (Å²) < 4.78 is 48.8. The standard InChI is InChI=1S/C33H40ClF3N6O4/c34-25-19-21(18-24(29(25)38)33(35,36)37)20-28(30(44)41-14-8-22(9-15-41)40-12-4-1-5-13-40)47-32(46)42-16-10-23(11-17-42)43-27-7-3-2-6-26(27)39-31(43)45/h2-3,6-7,18-19,22-23,28H,1,4-5,8-17,20,38H2,(H,39,45)/t28-/m1/s1. The van der Waals surface area contributed by atoms with E-state index in [-0.39, 0.29) is 41.8 Å². The molecule has 0 saturated carbocycles. The number of fused-ring (bicyclic) bond motifs is 1. The van der Waals surface area contributed by atoms with Crippen molar-refractivity contribution >= 4 is 40.3 Å². The average molecular weight is 677 g/mol. The number of halogens is 4. The summed E-state index contributed by atoms with van der Waals surface area (Å²) in [6.45, 7) is 3.59. The molecule has 1 atom stereocenters. The molecule has 0 unspecified atom stereocenters. The van der Waals surface area contributed by atoms with Gasteiger partial charge in [0.25, 0.3) is 5.91 Å². The molecule has 4 heterocycles. The molecule has 2 amide bonds. The lowest BCUT2D eigenvalue weighted by molar-refractivity contribution is -0.142. The van der Waals surface area contributed by atoms with Crippen LogP contribution >= 0.6 is 11.6 Å². The third kappa shape index (κ3) is 7.25. The molecule has 47 heavy (non-hydrogen) atoms. The Morgan fingerprint density at radius 1 is 0.936 bits per heavy atom. The highest BCUT2D eigenvalue weighted by Gasteiger charge is 2.37. The Morgan fingerprint density at radius 2 is 1.57 bits per heavy atom. The number of benzene rings is 2. The summed E-state index contributed by atoms with van der Waals surface area (Å²) in [5, 5.41) is -0.288. The van der Waals surface area contributed by atoms with Crippen LogP contribution in [0.2, 0.25) is 5.02 Å². The Labute approximate surface area is 275 Å². The number of nitrogens with one attached hydrogen (secondary N) is 1. The molecule has 0 spiro atoms. The van der Waals surface area contributed by atoms with Crippen molar-refractivity contribution in [3.63, 3.8) is 0 Å². The number of para-hydroxylation sites is 2. The minimum Gasteiger partial charge on any atom is -0.436 e. The maximum absolute atomic E-state index is 13.9. The minimum absolute atomic E-state index is 0.0864. The zero-order chi connectivity index (χ0) is 33.3. The van der Waals surface area contributed by atoms with Gasteiger partial charge in [0.1, 0.15) is 0 Å². The van der Waals surface area contributed by atoms with Crippen molar-refractivity contribution in [2.24, 2.45) is 0 Å². The Kier molecular flexibility index (Phi) is 9.75. The van der Waals surface area contributed by atoms with Crippen molar-refractivity contribution in [3.8, 4) is 0 Å². The fourth-order valence-corrected chi connectivity index (χ4v) is 7.54. The fourth-order valence-electron chi connectivity index (χ4n) is 7.30. The predicted octanol–water partition coefficient (Wildman–Crippen LogP) is 5.45. The van der Waals surface area contributed by atoms with Gasteiger partial charge in [0.05, 0.1) is 27.3 Å². The number of amides is 2. The molecule has 254 valence electrons. The highest BCUT2D eigenvalue weighted by molar-refractivity contribution is 6.33. The molecule has 0 aliphatic carbocycles. The SMILES string of the molecule is Nc1c(Cl)cc(C[C@@H](OC(=O)N2CCC(n3c(=O)[nH]c4ccccc43)CC2)C(=O)N2CCC(N3CCCCC3)CC2)cc1C(F)(F)F. The van der Waals surface area contributed by atoms with E-state index < -0.39 is 35.5 Å². The van der Waals surface area contributed by atoms with E-state index in [1.807, 2.05) is 24.3 Å². The summed E-state index contributed by atoms with van der Waals surface area (Å²) in [7, 11) is 0. The first-order chi connectivity index (χ1) is 22.5. The van der Waals surface area contributed by atoms with Crippen molar-refractivity contribution in [2.75, 3.05) is 45.0 Å². The van der Waals surface area contributed by atoms with E-state index in [0.29, 0.717) is 32.0 Å². The lowest BCUT2D eigenvalue weighted by Gasteiger charge is -2.41. The van der Waals surface area contributed by atoms with Gasteiger partial charge in [-0.3, -0.25) is 9.36 Å². The van der Waals surface area contributed by atoms with E-state index in [0.717, 1.165) is 55.9 Å². The van der Waals surface area contributed by atoms with Crippen molar-refractivity contribution in [1.29, 1.82) is 0 Å². The summed E-state index contributed by atoms with van der Waals surface area (Å²) in [5.74, 6) is -0.447. The number of rotatable bonds is 6. The van der Waals surface area contributed by atoms with Gasteiger partial charge in [-0.1, -0.05) is 30.2 Å². The number of likely N-dealkylation sites (tertiary alicyclic amines) is 3. The van der Waals surface area contributed by atoms with Gasteiger partial charge < -0.3 is 30.2 Å². The fraction of sp³-hybridized carbons (Fsp3) is 0.545. The van der Waals surface area contributed by atoms with Gasteiger partial charge in [-0.25, -0.2) is 9.59 Å². The van der Waals surface area contributed by atoms with Gasteiger partial charge in [0.2, 0.25) is 0 Å². The largest absolute Gasteiger partial charge is 0.436 e. The molecule has 3 aliphatic rings. The minimum atomic E-state index is -4.76. The molecule has 6 rings (SSSR count). The van der Waals surface area contributed by atoms with Gasteiger partial charge in [-0.2, -0.15) is 13.2 Å². The number of carbonyl (C=O) groups excluding carboxylic acids is 2. The third-order valence-electron chi connectivity index (χ3n) is 9.83. The zero-order valence-electron chi connectivity index (χ0n) is 26.1. The molecular formula is C33H40ClF3N6O4. The summed E-state index contributed by atoms with van der Waals surface area (Å²) in [5.41, 5.74) is 5.32. The van der Waals surface area contributed by atoms with E-state index in [1.165, 1.54) is 17.4 Å². The van der Waals surface area contributed by atoms with Crippen LogP contribution in [0.1, 0.15) is 62.1 Å². The number of hydrogen-bond donors (Lipinski definition) is 2. The Bertz CT molecular complexity index is 1650. The van der Waals surface area contributed by atoms with E-state index in [1.54, 1.807) is 9.47 Å². The van der Waals surface area contributed by atoms with E-state index >= 15 is 0 Å². The maximum atomic E-state index is 13.9. The second-order valence-electron chi connectivity index (χ2n) is 12.8. The lowest BCUT2D eigenvalue weighted by atomic mass is 9.98. The Morgan fingerprint density at radius 3 is 2.26 bits per heavy atom. The highest BCUT2D eigenvalue weighted by Crippen LogP contribution is 2.38. The average Bonchev–Trinajstić information content (AvgIpc) is 3.41. The molecule has 0 radical (unpaired) electrons. The molecule has 3 saturated heterocycles. The van der Waals surface area contributed by atoms with Crippen molar-refractivity contribution < 1.29 is 27.5 Å². The molecule has 3 fully saturated rings. The van der Waals surface area contributed by atoms with Crippen LogP contribution in [0, 0.1) is 0 Å². The number of hydrogen-bond acceptors (Lipinski definition) is 6. The maximum Gasteiger partial charge on any atom is 0.418 e. The number of H-pyrrole nitrogens is 1. The number of imidazole rings is 1. The topological polar surface area (TPSA) is 117 Å². The Hall–Kier alpha value is -3.71. The quantitative estimate of drug-likeness (QED) is 0.336. The van der Waals surface area contributed by atoms with Crippen LogP contribution in [-0.4, -0.2) is 87.7 Å². The van der Waals surface area contributed by atoms with Gasteiger partial charge in [0.15, 0.2) is 6.10 Å². The highest BCUT2D eigenvalue weighted by atomic mass is 35.5. The number of nitrogens with zero attached hydrogens (tertiary/aromatic N) is 4. The summed E-state index contributed by atoms with van der Waals surface area (Å²) in [6.07, 6.45) is -1.05. The molecule has 3 aliphatic heterocycles. The number of nitrogen functional groups attached to an aromatic ring is 1. The van der Waals surface area contributed by atoms with Crippen molar-refractivity contribution in [2.45, 2.75) is 75.7 Å². The first-order valence-electron chi connectivity index (χ1n) is 16.3. The van der Waals surface area contributed by atoms with Crippen LogP contribution < -0.4 is 11.4 Å². The summed E-state index contributed by atoms with van der Waals surface area (Å²) in [6, 6.07) is 9.79. The van der Waals surface area contributed by atoms with Crippen LogP contribution in [0.15, 0.2) is 41.2 Å². The van der Waals surface area contributed by atoms with Crippen LogP contribution in [0.4, 0.5) is 23.7 Å². The van der Waals surface area contributed by atoms with E-state index in [2.05, 4.69) is 9.88 Å². The molecular weight excluding hydrogens is 637 g/mol.